The van der Waals surface area contributed by atoms with Crippen molar-refractivity contribution in [3.63, 3.8) is 0 Å². The molecule has 3 saturated heterocycles. The van der Waals surface area contributed by atoms with Crippen LogP contribution in [-0.2, 0) is 20.5 Å². The average Bonchev–Trinajstić information content (AvgIpc) is 3.50. The minimum absolute atomic E-state index is 0.0338. The molecule has 0 spiro atoms. The first-order valence-electron chi connectivity index (χ1n) is 20.4. The molecule has 5 amide bonds. The molecule has 15 nitrogen and oxygen atoms in total. The van der Waals surface area contributed by atoms with E-state index in [9.17, 15) is 37.1 Å². The summed E-state index contributed by atoms with van der Waals surface area (Å²) in [5.41, 5.74) is 3.31. The minimum atomic E-state index is -4.59. The number of halogens is 3. The van der Waals surface area contributed by atoms with Crippen LogP contribution >= 0.6 is 0 Å². The van der Waals surface area contributed by atoms with Crippen LogP contribution in [-0.4, -0.2) is 120 Å². The highest BCUT2D eigenvalue weighted by Crippen LogP contribution is 2.36. The monoisotopic (exact) mass is 854 g/mol. The second-order valence-electron chi connectivity index (χ2n) is 15.9. The van der Waals surface area contributed by atoms with E-state index in [0.29, 0.717) is 80.9 Å². The number of aromatic nitrogens is 2. The zero-order valence-electron chi connectivity index (χ0n) is 34.3. The van der Waals surface area contributed by atoms with Gasteiger partial charge in [-0.2, -0.15) is 13.2 Å². The summed E-state index contributed by atoms with van der Waals surface area (Å²) in [7, 11) is 0. The SMILES string of the molecule is Cc1ncc(NC(=O)c2cccc(C(F)(F)F)c2)cc1-c1cnc(OCCN2CC(C)N(c3ccc4c(c3)C(=O)N(C3CCC(=O)NC3=O)C4=O)CC2C)c(N2CCOCC2)c1. The summed E-state index contributed by atoms with van der Waals surface area (Å²) in [5.74, 6) is -2.42. The maximum Gasteiger partial charge on any atom is 0.416 e. The van der Waals surface area contributed by atoms with Crippen LogP contribution in [0.3, 0.4) is 0 Å². The number of piperidine rings is 1. The molecule has 2 aromatic carbocycles. The lowest BCUT2D eigenvalue weighted by Gasteiger charge is -2.45. The highest BCUT2D eigenvalue weighted by atomic mass is 19.4. The fourth-order valence-electron chi connectivity index (χ4n) is 8.43. The molecule has 4 aromatic rings. The lowest BCUT2D eigenvalue weighted by Crippen LogP contribution is -2.57. The number of pyridine rings is 2. The molecule has 0 aliphatic carbocycles. The topological polar surface area (TPSA) is 167 Å². The van der Waals surface area contributed by atoms with Crippen LogP contribution in [0.1, 0.15) is 69.0 Å². The van der Waals surface area contributed by atoms with Crippen LogP contribution < -0.4 is 25.2 Å². The van der Waals surface area contributed by atoms with E-state index in [1.807, 2.05) is 19.1 Å². The van der Waals surface area contributed by atoms with Gasteiger partial charge in [0.05, 0.1) is 41.8 Å². The van der Waals surface area contributed by atoms with Gasteiger partial charge < -0.3 is 24.6 Å². The Hall–Kier alpha value is -6.40. The van der Waals surface area contributed by atoms with E-state index in [1.54, 1.807) is 24.4 Å². The molecule has 2 aromatic heterocycles. The summed E-state index contributed by atoms with van der Waals surface area (Å²) in [6.45, 7) is 10.5. The minimum Gasteiger partial charge on any atom is -0.475 e. The zero-order valence-corrected chi connectivity index (χ0v) is 34.3. The van der Waals surface area contributed by atoms with Crippen molar-refractivity contribution < 1.29 is 46.6 Å². The summed E-state index contributed by atoms with van der Waals surface area (Å²) in [6.07, 6.45) is -1.32. The third-order valence-electron chi connectivity index (χ3n) is 11.8. The number of nitrogens with one attached hydrogen (secondary N) is 2. The highest BCUT2D eigenvalue weighted by Gasteiger charge is 2.45. The lowest BCUT2D eigenvalue weighted by atomic mass is 10.0. The van der Waals surface area contributed by atoms with E-state index in [2.05, 4.69) is 44.2 Å². The number of imide groups is 2. The van der Waals surface area contributed by atoms with E-state index in [4.69, 9.17) is 14.5 Å². The van der Waals surface area contributed by atoms with Gasteiger partial charge in [0, 0.05) is 85.5 Å². The van der Waals surface area contributed by atoms with Crippen molar-refractivity contribution in [1.82, 2.24) is 25.1 Å². The number of piperazine rings is 1. The number of anilines is 3. The van der Waals surface area contributed by atoms with Gasteiger partial charge >= 0.3 is 6.18 Å². The normalized spacial score (nSPS) is 20.9. The first-order chi connectivity index (χ1) is 29.7. The molecule has 0 bridgehead atoms. The van der Waals surface area contributed by atoms with Crippen molar-refractivity contribution >= 4 is 46.6 Å². The molecule has 8 rings (SSSR count). The molecule has 3 atom stereocenters. The Labute approximate surface area is 355 Å². The predicted molar refractivity (Wildman–Crippen MR) is 221 cm³/mol. The maximum absolute atomic E-state index is 13.5. The van der Waals surface area contributed by atoms with E-state index < -0.39 is 47.3 Å². The molecule has 0 saturated carbocycles. The summed E-state index contributed by atoms with van der Waals surface area (Å²) in [5, 5.41) is 4.90. The average molecular weight is 855 g/mol. The van der Waals surface area contributed by atoms with E-state index in [0.717, 1.165) is 28.4 Å². The van der Waals surface area contributed by atoms with Gasteiger partial charge in [0.1, 0.15) is 18.3 Å². The summed E-state index contributed by atoms with van der Waals surface area (Å²) >= 11 is 0. The maximum atomic E-state index is 13.5. The van der Waals surface area contributed by atoms with Crippen LogP contribution in [0.25, 0.3) is 11.1 Å². The number of fused-ring (bicyclic) bond motifs is 1. The van der Waals surface area contributed by atoms with Gasteiger partial charge in [0.2, 0.25) is 17.7 Å². The van der Waals surface area contributed by atoms with Crippen LogP contribution in [0.2, 0.25) is 0 Å². The van der Waals surface area contributed by atoms with Gasteiger partial charge in [0.15, 0.2) is 0 Å². The van der Waals surface area contributed by atoms with Gasteiger partial charge in [0.25, 0.3) is 17.7 Å². The van der Waals surface area contributed by atoms with Crippen molar-refractivity contribution in [1.29, 1.82) is 0 Å². The molecule has 3 unspecified atom stereocenters. The van der Waals surface area contributed by atoms with Crippen molar-refractivity contribution in [2.24, 2.45) is 0 Å². The first kappa shape index (κ1) is 42.3. The lowest BCUT2D eigenvalue weighted by molar-refractivity contribution is -0.138. The number of aryl methyl sites for hydroxylation is 1. The van der Waals surface area contributed by atoms with Gasteiger partial charge in [-0.15, -0.1) is 0 Å². The van der Waals surface area contributed by atoms with Crippen molar-refractivity contribution in [3.05, 3.63) is 94.9 Å². The largest absolute Gasteiger partial charge is 0.475 e. The molecule has 3 fully saturated rings. The molecule has 62 heavy (non-hydrogen) atoms. The number of hydrogen-bond acceptors (Lipinski definition) is 12. The second kappa shape index (κ2) is 17.2. The Morgan fingerprint density at radius 1 is 0.919 bits per heavy atom. The zero-order chi connectivity index (χ0) is 43.9. The molecule has 18 heteroatoms. The van der Waals surface area contributed by atoms with E-state index in [-0.39, 0.29) is 41.6 Å². The van der Waals surface area contributed by atoms with Gasteiger partial charge in [-0.1, -0.05) is 6.07 Å². The summed E-state index contributed by atoms with van der Waals surface area (Å²) < 4.78 is 51.9. The first-order valence-corrected chi connectivity index (χ1v) is 20.4. The molecular formula is C44H45F3N8O7. The van der Waals surface area contributed by atoms with Crippen LogP contribution in [0, 0.1) is 6.92 Å². The number of morpholine rings is 1. The number of nitrogens with zero attached hydrogens (tertiary/aromatic N) is 6. The molecule has 4 aliphatic rings. The van der Waals surface area contributed by atoms with Crippen molar-refractivity contribution in [2.75, 3.05) is 67.7 Å². The smallest absolute Gasteiger partial charge is 0.416 e. The van der Waals surface area contributed by atoms with Crippen molar-refractivity contribution in [3.8, 4) is 17.0 Å². The summed E-state index contributed by atoms with van der Waals surface area (Å²) in [6, 6.07) is 12.2. The van der Waals surface area contributed by atoms with Crippen molar-refractivity contribution in [2.45, 2.75) is 57.9 Å². The van der Waals surface area contributed by atoms with Crippen LogP contribution in [0.5, 0.6) is 5.88 Å². The Morgan fingerprint density at radius 2 is 1.69 bits per heavy atom. The molecule has 324 valence electrons. The Kier molecular flexibility index (Phi) is 11.7. The fourth-order valence-corrected chi connectivity index (χ4v) is 8.43. The Bertz CT molecular complexity index is 2440. The van der Waals surface area contributed by atoms with Gasteiger partial charge in [-0.25, -0.2) is 4.98 Å². The number of rotatable bonds is 10. The number of carbonyl (C=O) groups is 5. The van der Waals surface area contributed by atoms with Gasteiger partial charge in [-0.05, 0) is 75.7 Å². The number of amides is 5. The molecule has 2 N–H and O–H groups in total. The fraction of sp³-hybridized carbons (Fsp3) is 0.386. The summed E-state index contributed by atoms with van der Waals surface area (Å²) in [4.78, 5) is 80.8. The molecule has 6 heterocycles. The van der Waals surface area contributed by atoms with E-state index >= 15 is 0 Å². The number of benzene rings is 2. The standard InChI is InChI=1S/C44H45F3N8O7/c1-25-24-54(32-7-8-33-35(20-32)43(60)55(42(33)59)36-9-10-38(56)51-40(36)58)26(2)23-53(25)13-16-62-41-37(52-11-14-61-15-12-52)18-29(21-49-41)34-19-31(22-48-27(34)3)50-39(57)28-5-4-6-30(17-28)44(45,46)47/h4-8,17-22,25-26,36H,9-16,23-24H2,1-3H3,(H,50,57)(H,51,56,58). The number of alkyl halides is 3. The number of hydrogen-bond donors (Lipinski definition) is 2. The second-order valence-corrected chi connectivity index (χ2v) is 15.9. The predicted octanol–water partition coefficient (Wildman–Crippen LogP) is 4.94. The highest BCUT2D eigenvalue weighted by molar-refractivity contribution is 6.23. The van der Waals surface area contributed by atoms with Crippen LogP contribution in [0.15, 0.2) is 67.0 Å². The number of carbonyl (C=O) groups excluding carboxylic acids is 5. The third kappa shape index (κ3) is 8.56. The third-order valence-corrected chi connectivity index (χ3v) is 11.8. The quantitative estimate of drug-likeness (QED) is 0.207. The van der Waals surface area contributed by atoms with E-state index in [1.165, 1.54) is 18.3 Å². The molecule has 0 radical (unpaired) electrons. The van der Waals surface area contributed by atoms with Gasteiger partial charge in [-0.3, -0.25) is 44.1 Å². The number of ether oxygens (including phenoxy) is 2. The Balaban J connectivity index is 0.932. The molecule has 4 aliphatic heterocycles. The van der Waals surface area contributed by atoms with Crippen LogP contribution in [0.4, 0.5) is 30.2 Å². The molecular weight excluding hydrogens is 810 g/mol. The Morgan fingerprint density at radius 3 is 2.45 bits per heavy atom.